The number of likely N-dealkylation sites (tertiary alicyclic amines) is 1. The van der Waals surface area contributed by atoms with E-state index in [0.29, 0.717) is 13.0 Å². The van der Waals surface area contributed by atoms with E-state index in [2.05, 4.69) is 0 Å². The van der Waals surface area contributed by atoms with E-state index in [0.717, 1.165) is 25.7 Å². The second-order valence-electron chi connectivity index (χ2n) is 5.60. The van der Waals surface area contributed by atoms with Gasteiger partial charge in [0.1, 0.15) is 0 Å². The lowest BCUT2D eigenvalue weighted by atomic mass is 9.91. The maximum Gasteiger partial charge on any atom is 0.307 e. The first-order valence-electron chi connectivity index (χ1n) is 7.09. The number of ether oxygens (including phenoxy) is 1. The van der Waals surface area contributed by atoms with Gasteiger partial charge in [-0.2, -0.15) is 0 Å². The largest absolute Gasteiger partial charge is 0.469 e. The Bertz CT molecular complexity index is 329. The summed E-state index contributed by atoms with van der Waals surface area (Å²) >= 11 is 0. The minimum Gasteiger partial charge on any atom is -0.469 e. The summed E-state index contributed by atoms with van der Waals surface area (Å²) in [5.41, 5.74) is 5.29. The molecule has 19 heavy (non-hydrogen) atoms. The molecule has 1 aliphatic rings. The predicted octanol–water partition coefficient (Wildman–Crippen LogP) is 1.45. The summed E-state index contributed by atoms with van der Waals surface area (Å²) in [5, 5.41) is 0. The number of nitrogens with two attached hydrogens (primary N) is 1. The molecule has 1 heterocycles. The summed E-state index contributed by atoms with van der Waals surface area (Å²) in [6, 6.07) is -0.0616. The molecule has 1 fully saturated rings. The van der Waals surface area contributed by atoms with Crippen LogP contribution in [0.25, 0.3) is 0 Å². The number of rotatable bonds is 5. The average Bonchev–Trinajstić information content (AvgIpc) is 2.38. The Labute approximate surface area is 115 Å². The number of amides is 1. The van der Waals surface area contributed by atoms with Gasteiger partial charge in [-0.25, -0.2) is 0 Å². The van der Waals surface area contributed by atoms with E-state index in [4.69, 9.17) is 10.5 Å². The molecule has 0 bridgehead atoms. The van der Waals surface area contributed by atoms with E-state index in [-0.39, 0.29) is 24.3 Å². The van der Waals surface area contributed by atoms with E-state index in [1.165, 1.54) is 7.11 Å². The fraction of sp³-hybridized carbons (Fsp3) is 0.857. The summed E-state index contributed by atoms with van der Waals surface area (Å²) in [4.78, 5) is 25.8. The zero-order valence-corrected chi connectivity index (χ0v) is 12.3. The van der Waals surface area contributed by atoms with Crippen LogP contribution in [0.1, 0.15) is 52.4 Å². The summed E-state index contributed by atoms with van der Waals surface area (Å²) in [7, 11) is 1.38. The molecule has 0 spiro atoms. The first-order chi connectivity index (χ1) is 8.92. The highest BCUT2D eigenvalue weighted by molar-refractivity contribution is 5.86. The minimum absolute atomic E-state index is 0.0389. The maximum atomic E-state index is 12.5. The van der Waals surface area contributed by atoms with E-state index < -0.39 is 5.54 Å². The lowest BCUT2D eigenvalue weighted by molar-refractivity contribution is -0.146. The van der Waals surface area contributed by atoms with E-state index in [9.17, 15) is 9.59 Å². The maximum absolute atomic E-state index is 12.5. The third-order valence-electron chi connectivity index (χ3n) is 3.78. The lowest BCUT2D eigenvalue weighted by Gasteiger charge is -2.39. The molecule has 0 aromatic carbocycles. The van der Waals surface area contributed by atoms with E-state index in [1.807, 2.05) is 6.92 Å². The highest BCUT2D eigenvalue weighted by Gasteiger charge is 2.37. The van der Waals surface area contributed by atoms with Gasteiger partial charge in [0, 0.05) is 12.6 Å². The van der Waals surface area contributed by atoms with E-state index in [1.54, 1.807) is 11.8 Å². The SMILES string of the molecule is CCCC(C)(N)C(=O)N1CCCCC1CC(=O)OC. The fourth-order valence-electron chi connectivity index (χ4n) is 2.71. The number of carbonyl (C=O) groups is 2. The highest BCUT2D eigenvalue weighted by atomic mass is 16.5. The van der Waals surface area contributed by atoms with Gasteiger partial charge in [-0.15, -0.1) is 0 Å². The van der Waals surface area contributed by atoms with Crippen molar-refractivity contribution >= 4 is 11.9 Å². The van der Waals surface area contributed by atoms with Crippen LogP contribution >= 0.6 is 0 Å². The first kappa shape index (κ1) is 16.0. The Balaban J connectivity index is 2.76. The smallest absolute Gasteiger partial charge is 0.307 e. The number of nitrogens with zero attached hydrogens (tertiary/aromatic N) is 1. The van der Waals surface area contributed by atoms with Crippen molar-refractivity contribution in [3.05, 3.63) is 0 Å². The summed E-state index contributed by atoms with van der Waals surface area (Å²) < 4.78 is 4.71. The molecular weight excluding hydrogens is 244 g/mol. The second kappa shape index (κ2) is 6.89. The number of hydrogen-bond acceptors (Lipinski definition) is 4. The summed E-state index contributed by atoms with van der Waals surface area (Å²) in [6.45, 7) is 4.49. The Kier molecular flexibility index (Phi) is 5.79. The monoisotopic (exact) mass is 270 g/mol. The molecule has 1 aliphatic heterocycles. The van der Waals surface area contributed by atoms with Gasteiger partial charge in [-0.1, -0.05) is 13.3 Å². The minimum atomic E-state index is -0.833. The molecule has 2 N–H and O–H groups in total. The van der Waals surface area contributed by atoms with Gasteiger partial charge in [0.15, 0.2) is 0 Å². The zero-order chi connectivity index (χ0) is 14.5. The number of esters is 1. The third kappa shape index (κ3) is 4.20. The number of piperidine rings is 1. The Morgan fingerprint density at radius 2 is 2.11 bits per heavy atom. The highest BCUT2D eigenvalue weighted by Crippen LogP contribution is 2.24. The van der Waals surface area contributed by atoms with Gasteiger partial charge in [-0.05, 0) is 32.6 Å². The van der Waals surface area contributed by atoms with Crippen molar-refractivity contribution in [1.29, 1.82) is 0 Å². The molecule has 1 amide bonds. The van der Waals surface area contributed by atoms with Crippen molar-refractivity contribution in [2.45, 2.75) is 64.0 Å². The molecule has 110 valence electrons. The molecule has 0 aromatic heterocycles. The average molecular weight is 270 g/mol. The molecule has 5 nitrogen and oxygen atoms in total. The fourth-order valence-corrected chi connectivity index (χ4v) is 2.71. The zero-order valence-electron chi connectivity index (χ0n) is 12.3. The predicted molar refractivity (Wildman–Crippen MR) is 73.5 cm³/mol. The number of hydrogen-bond donors (Lipinski definition) is 1. The van der Waals surface area contributed by atoms with Crippen LogP contribution in [-0.4, -0.2) is 42.0 Å². The summed E-state index contributed by atoms with van der Waals surface area (Å²) in [6.07, 6.45) is 4.67. The summed E-state index contributed by atoms with van der Waals surface area (Å²) in [5.74, 6) is -0.304. The van der Waals surface area contributed by atoms with Gasteiger partial charge in [0.05, 0.1) is 19.1 Å². The van der Waals surface area contributed by atoms with Crippen LogP contribution in [0.5, 0.6) is 0 Å². The van der Waals surface area contributed by atoms with Crippen molar-refractivity contribution in [2.24, 2.45) is 5.73 Å². The van der Waals surface area contributed by atoms with E-state index >= 15 is 0 Å². The quantitative estimate of drug-likeness (QED) is 0.767. The Morgan fingerprint density at radius 3 is 2.68 bits per heavy atom. The topological polar surface area (TPSA) is 72.6 Å². The van der Waals surface area contributed by atoms with Gasteiger partial charge in [0.25, 0.3) is 0 Å². The van der Waals surface area contributed by atoms with Crippen LogP contribution in [0.2, 0.25) is 0 Å². The molecule has 2 unspecified atom stereocenters. The molecule has 1 rings (SSSR count). The van der Waals surface area contributed by atoms with Gasteiger partial charge in [0.2, 0.25) is 5.91 Å². The first-order valence-corrected chi connectivity index (χ1v) is 7.09. The van der Waals surface area contributed by atoms with Crippen LogP contribution in [0.15, 0.2) is 0 Å². The van der Waals surface area contributed by atoms with Crippen molar-refractivity contribution in [2.75, 3.05) is 13.7 Å². The van der Waals surface area contributed by atoms with Crippen molar-refractivity contribution < 1.29 is 14.3 Å². The van der Waals surface area contributed by atoms with Crippen LogP contribution in [0, 0.1) is 0 Å². The van der Waals surface area contributed by atoms with Crippen LogP contribution in [-0.2, 0) is 14.3 Å². The molecule has 0 radical (unpaired) electrons. The second-order valence-corrected chi connectivity index (χ2v) is 5.60. The molecule has 5 heteroatoms. The Morgan fingerprint density at radius 1 is 1.42 bits per heavy atom. The molecular formula is C14H26N2O3. The number of methoxy groups -OCH3 is 1. The van der Waals surface area contributed by atoms with Crippen LogP contribution < -0.4 is 5.73 Å². The normalized spacial score (nSPS) is 22.7. The van der Waals surface area contributed by atoms with Crippen molar-refractivity contribution in [3.63, 3.8) is 0 Å². The van der Waals surface area contributed by atoms with Gasteiger partial charge >= 0.3 is 5.97 Å². The van der Waals surface area contributed by atoms with Crippen molar-refractivity contribution in [1.82, 2.24) is 4.90 Å². The number of carbonyl (C=O) groups excluding carboxylic acids is 2. The standard InChI is InChI=1S/C14H26N2O3/c1-4-8-14(2,15)13(18)16-9-6-5-7-11(16)10-12(17)19-3/h11H,4-10,15H2,1-3H3. The molecule has 0 saturated carbocycles. The molecule has 2 atom stereocenters. The lowest BCUT2D eigenvalue weighted by Crippen LogP contribution is -2.57. The van der Waals surface area contributed by atoms with Gasteiger partial charge < -0.3 is 15.4 Å². The van der Waals surface area contributed by atoms with Gasteiger partial charge in [-0.3, -0.25) is 9.59 Å². The molecule has 0 aromatic rings. The molecule has 1 saturated heterocycles. The Hall–Kier alpha value is -1.10. The van der Waals surface area contributed by atoms with Crippen molar-refractivity contribution in [3.8, 4) is 0 Å². The molecule has 0 aliphatic carbocycles. The third-order valence-corrected chi connectivity index (χ3v) is 3.78. The van der Waals surface area contributed by atoms with Crippen LogP contribution in [0.4, 0.5) is 0 Å². The van der Waals surface area contributed by atoms with Crippen LogP contribution in [0.3, 0.4) is 0 Å².